The molecule has 8 heteroatoms. The van der Waals surface area contributed by atoms with Gasteiger partial charge in [-0.15, -0.1) is 0 Å². The third-order valence-corrected chi connectivity index (χ3v) is 6.66. The molecule has 0 fully saturated rings. The third kappa shape index (κ3) is 6.40. The van der Waals surface area contributed by atoms with Crippen molar-refractivity contribution in [2.24, 2.45) is 11.0 Å². The van der Waals surface area contributed by atoms with Crippen molar-refractivity contribution in [3.63, 3.8) is 0 Å². The highest BCUT2D eigenvalue weighted by molar-refractivity contribution is 6.35. The number of hydrogen-bond donors (Lipinski definition) is 2. The molecule has 0 aliphatic rings. The van der Waals surface area contributed by atoms with Crippen molar-refractivity contribution in [3.05, 3.63) is 105 Å². The number of para-hydroxylation sites is 1. The lowest BCUT2D eigenvalue weighted by atomic mass is 10.0. The first-order chi connectivity index (χ1) is 17.7. The van der Waals surface area contributed by atoms with Crippen molar-refractivity contribution >= 4 is 52.1 Å². The number of carbonyl (C=O) groups excluding carboxylic acids is 2. The molecule has 6 nitrogen and oxygen atoms in total. The number of rotatable bonds is 8. The van der Waals surface area contributed by atoms with Gasteiger partial charge in [-0.2, -0.15) is 5.10 Å². The van der Waals surface area contributed by atoms with Gasteiger partial charge in [-0.3, -0.25) is 9.59 Å². The Labute approximate surface area is 226 Å². The van der Waals surface area contributed by atoms with Crippen LogP contribution in [0.4, 0.5) is 0 Å². The molecule has 0 radical (unpaired) electrons. The summed E-state index contributed by atoms with van der Waals surface area (Å²) >= 11 is 12.4. The molecule has 0 bridgehead atoms. The van der Waals surface area contributed by atoms with Gasteiger partial charge in [-0.1, -0.05) is 79.0 Å². The molecule has 0 aliphatic carbocycles. The van der Waals surface area contributed by atoms with Gasteiger partial charge < -0.3 is 9.88 Å². The van der Waals surface area contributed by atoms with Crippen LogP contribution in [-0.4, -0.2) is 28.6 Å². The summed E-state index contributed by atoms with van der Waals surface area (Å²) in [6.07, 6.45) is 3.57. The van der Waals surface area contributed by atoms with Crippen LogP contribution in [0.25, 0.3) is 10.9 Å². The van der Waals surface area contributed by atoms with Crippen LogP contribution < -0.4 is 10.7 Å². The Bertz CT molecular complexity index is 1480. The SMILES string of the molecule is Cc1cccc(C(=O)NC(C(=O)N/N=C/c2cn(Cc3ccc(Cl)cc3Cl)c3ccccc23)C(C)C)c1. The number of hydrogen-bond acceptors (Lipinski definition) is 3. The van der Waals surface area contributed by atoms with E-state index < -0.39 is 6.04 Å². The second kappa shape index (κ2) is 11.6. The lowest BCUT2D eigenvalue weighted by Gasteiger charge is -2.20. The average Bonchev–Trinajstić information content (AvgIpc) is 3.21. The molecule has 3 aromatic carbocycles. The number of hydrazone groups is 1. The van der Waals surface area contributed by atoms with Crippen LogP contribution in [0.3, 0.4) is 0 Å². The molecular weight excluding hydrogens is 507 g/mol. The number of halogens is 2. The van der Waals surface area contributed by atoms with Crippen molar-refractivity contribution in [3.8, 4) is 0 Å². The molecule has 0 saturated carbocycles. The zero-order valence-corrected chi connectivity index (χ0v) is 22.3. The van der Waals surface area contributed by atoms with Crippen LogP contribution in [0, 0.1) is 12.8 Å². The molecule has 37 heavy (non-hydrogen) atoms. The van der Waals surface area contributed by atoms with Gasteiger partial charge in [-0.05, 0) is 48.7 Å². The summed E-state index contributed by atoms with van der Waals surface area (Å²) in [5.41, 5.74) is 6.86. The summed E-state index contributed by atoms with van der Waals surface area (Å²) in [5.74, 6) is -0.815. The van der Waals surface area contributed by atoms with Crippen molar-refractivity contribution in [2.45, 2.75) is 33.4 Å². The summed E-state index contributed by atoms with van der Waals surface area (Å²) in [4.78, 5) is 25.6. The highest BCUT2D eigenvalue weighted by Crippen LogP contribution is 2.25. The van der Waals surface area contributed by atoms with E-state index in [0.717, 1.165) is 27.6 Å². The average molecular weight is 535 g/mol. The number of amides is 2. The zero-order chi connectivity index (χ0) is 26.5. The second-order valence-corrected chi connectivity index (χ2v) is 10.1. The first-order valence-electron chi connectivity index (χ1n) is 11.9. The van der Waals surface area contributed by atoms with E-state index >= 15 is 0 Å². The number of aryl methyl sites for hydroxylation is 1. The monoisotopic (exact) mass is 534 g/mol. The van der Waals surface area contributed by atoms with Gasteiger partial charge in [0, 0.05) is 44.8 Å². The Morgan fingerprint density at radius 1 is 1.03 bits per heavy atom. The normalized spacial score (nSPS) is 12.3. The van der Waals surface area contributed by atoms with E-state index in [9.17, 15) is 9.59 Å². The minimum absolute atomic E-state index is 0.130. The highest BCUT2D eigenvalue weighted by Gasteiger charge is 2.24. The summed E-state index contributed by atoms with van der Waals surface area (Å²) < 4.78 is 2.08. The zero-order valence-electron chi connectivity index (χ0n) is 20.8. The maximum Gasteiger partial charge on any atom is 0.262 e. The van der Waals surface area contributed by atoms with Crippen LogP contribution in [-0.2, 0) is 11.3 Å². The molecule has 0 aliphatic heterocycles. The van der Waals surface area contributed by atoms with Crippen LogP contribution in [0.5, 0.6) is 0 Å². The van der Waals surface area contributed by atoms with Gasteiger partial charge in [0.1, 0.15) is 6.04 Å². The molecule has 2 N–H and O–H groups in total. The van der Waals surface area contributed by atoms with E-state index in [0.29, 0.717) is 22.2 Å². The molecule has 190 valence electrons. The third-order valence-electron chi connectivity index (χ3n) is 6.07. The van der Waals surface area contributed by atoms with Crippen molar-refractivity contribution in [2.75, 3.05) is 0 Å². The van der Waals surface area contributed by atoms with Gasteiger partial charge in [0.25, 0.3) is 11.8 Å². The summed E-state index contributed by atoms with van der Waals surface area (Å²) in [6, 6.07) is 19.9. The summed E-state index contributed by atoms with van der Waals surface area (Å²) in [6.45, 7) is 6.22. The summed E-state index contributed by atoms with van der Waals surface area (Å²) in [5, 5.41) is 9.20. The van der Waals surface area contributed by atoms with Crippen molar-refractivity contribution in [1.29, 1.82) is 0 Å². The fourth-order valence-corrected chi connectivity index (χ4v) is 4.59. The maximum absolute atomic E-state index is 12.9. The number of benzene rings is 3. The number of nitrogens with one attached hydrogen (secondary N) is 2. The molecule has 1 heterocycles. The molecule has 0 spiro atoms. The topological polar surface area (TPSA) is 75.5 Å². The fourth-order valence-electron chi connectivity index (χ4n) is 4.12. The van der Waals surface area contributed by atoms with E-state index in [1.165, 1.54) is 0 Å². The predicted octanol–water partition coefficient (Wildman–Crippen LogP) is 6.21. The standard InChI is InChI=1S/C29H28Cl2N4O2/c1-18(2)27(33-28(36)20-8-6-7-19(3)13-20)29(37)34-32-15-22-17-35(26-10-5-4-9-24(22)26)16-21-11-12-23(30)14-25(21)31/h4-15,17-18,27H,16H2,1-3H3,(H,33,36)(H,34,37)/b32-15+. The van der Waals surface area contributed by atoms with Crippen LogP contribution in [0.2, 0.25) is 10.0 Å². The van der Waals surface area contributed by atoms with Crippen molar-refractivity contribution in [1.82, 2.24) is 15.3 Å². The Kier molecular flexibility index (Phi) is 8.31. The molecule has 1 atom stereocenters. The highest BCUT2D eigenvalue weighted by atomic mass is 35.5. The minimum atomic E-state index is -0.737. The fraction of sp³-hybridized carbons (Fsp3) is 0.207. The van der Waals surface area contributed by atoms with E-state index in [1.54, 1.807) is 24.4 Å². The summed E-state index contributed by atoms with van der Waals surface area (Å²) in [7, 11) is 0. The quantitative estimate of drug-likeness (QED) is 0.208. The van der Waals surface area contributed by atoms with Crippen LogP contribution in [0.1, 0.15) is 40.9 Å². The number of fused-ring (bicyclic) bond motifs is 1. The van der Waals surface area contributed by atoms with Gasteiger partial charge >= 0.3 is 0 Å². The van der Waals surface area contributed by atoms with Gasteiger partial charge in [-0.25, -0.2) is 5.43 Å². The maximum atomic E-state index is 12.9. The Morgan fingerprint density at radius 2 is 1.81 bits per heavy atom. The number of carbonyl (C=O) groups is 2. The molecule has 1 aromatic heterocycles. The van der Waals surface area contributed by atoms with E-state index in [4.69, 9.17) is 23.2 Å². The molecule has 4 aromatic rings. The van der Waals surface area contributed by atoms with Gasteiger partial charge in [0.05, 0.1) is 6.21 Å². The Morgan fingerprint density at radius 3 is 2.54 bits per heavy atom. The largest absolute Gasteiger partial charge is 0.342 e. The van der Waals surface area contributed by atoms with Crippen LogP contribution >= 0.6 is 23.2 Å². The number of nitrogens with zero attached hydrogens (tertiary/aromatic N) is 2. The van der Waals surface area contributed by atoms with E-state index in [1.807, 2.05) is 75.5 Å². The smallest absolute Gasteiger partial charge is 0.262 e. The first kappa shape index (κ1) is 26.5. The minimum Gasteiger partial charge on any atom is -0.342 e. The second-order valence-electron chi connectivity index (χ2n) is 9.26. The molecule has 4 rings (SSSR count). The van der Waals surface area contributed by atoms with Crippen LogP contribution in [0.15, 0.2) is 78.0 Å². The van der Waals surface area contributed by atoms with Crippen molar-refractivity contribution < 1.29 is 9.59 Å². The first-order valence-corrected chi connectivity index (χ1v) is 12.7. The van der Waals surface area contributed by atoms with E-state index in [-0.39, 0.29) is 17.7 Å². The van der Waals surface area contributed by atoms with E-state index in [2.05, 4.69) is 20.4 Å². The Balaban J connectivity index is 1.50. The Hall–Kier alpha value is -3.61. The molecule has 1 unspecified atom stereocenters. The van der Waals surface area contributed by atoms with Gasteiger partial charge in [0.2, 0.25) is 0 Å². The number of aromatic nitrogens is 1. The lowest BCUT2D eigenvalue weighted by molar-refractivity contribution is -0.123. The van der Waals surface area contributed by atoms with Gasteiger partial charge in [0.15, 0.2) is 0 Å². The lowest BCUT2D eigenvalue weighted by Crippen LogP contribution is -2.48. The predicted molar refractivity (Wildman–Crippen MR) is 151 cm³/mol. The molecule has 2 amide bonds. The molecule has 0 saturated heterocycles. The molecular formula is C29H28Cl2N4O2.